The SMILES string of the molecule is CC(C)c1ccc(C(Cl)CC2CC2)c(C(C)C)c1. The Labute approximate surface area is 117 Å². The zero-order chi connectivity index (χ0) is 13.3. The van der Waals surface area contributed by atoms with Gasteiger partial charge in [-0.1, -0.05) is 58.7 Å². The van der Waals surface area contributed by atoms with Crippen molar-refractivity contribution in [1.82, 2.24) is 0 Å². The van der Waals surface area contributed by atoms with E-state index in [2.05, 4.69) is 45.9 Å². The van der Waals surface area contributed by atoms with Gasteiger partial charge in [-0.3, -0.25) is 0 Å². The molecule has 100 valence electrons. The minimum absolute atomic E-state index is 0.205. The molecular weight excluding hydrogens is 240 g/mol. The maximum atomic E-state index is 6.62. The molecule has 0 aromatic heterocycles. The number of benzene rings is 1. The lowest BCUT2D eigenvalue weighted by molar-refractivity contribution is 0.692. The lowest BCUT2D eigenvalue weighted by Gasteiger charge is -2.19. The molecule has 1 aromatic carbocycles. The van der Waals surface area contributed by atoms with Gasteiger partial charge >= 0.3 is 0 Å². The minimum Gasteiger partial charge on any atom is -0.118 e. The Morgan fingerprint density at radius 2 is 1.72 bits per heavy atom. The zero-order valence-electron chi connectivity index (χ0n) is 12.0. The Kier molecular flexibility index (Phi) is 4.37. The van der Waals surface area contributed by atoms with Crippen LogP contribution in [0.3, 0.4) is 0 Å². The van der Waals surface area contributed by atoms with Gasteiger partial charge in [-0.2, -0.15) is 0 Å². The van der Waals surface area contributed by atoms with E-state index in [1.165, 1.54) is 29.5 Å². The molecule has 0 aliphatic heterocycles. The van der Waals surface area contributed by atoms with Crippen LogP contribution in [0.2, 0.25) is 0 Å². The molecule has 0 bridgehead atoms. The highest BCUT2D eigenvalue weighted by atomic mass is 35.5. The first-order chi connectivity index (χ1) is 8.49. The van der Waals surface area contributed by atoms with Crippen molar-refractivity contribution in [3.63, 3.8) is 0 Å². The molecule has 1 aliphatic carbocycles. The Balaban J connectivity index is 2.26. The number of hydrogen-bond acceptors (Lipinski definition) is 0. The van der Waals surface area contributed by atoms with Crippen molar-refractivity contribution in [3.8, 4) is 0 Å². The third-order valence-electron chi connectivity index (χ3n) is 3.97. The molecule has 0 N–H and O–H groups in total. The van der Waals surface area contributed by atoms with Gasteiger partial charge < -0.3 is 0 Å². The van der Waals surface area contributed by atoms with E-state index < -0.39 is 0 Å². The Bertz CT molecular complexity index is 402. The van der Waals surface area contributed by atoms with Crippen LogP contribution in [0.4, 0.5) is 0 Å². The molecule has 1 saturated carbocycles. The van der Waals surface area contributed by atoms with Gasteiger partial charge in [-0.25, -0.2) is 0 Å². The van der Waals surface area contributed by atoms with Crippen LogP contribution in [-0.2, 0) is 0 Å². The molecule has 1 aromatic rings. The van der Waals surface area contributed by atoms with E-state index in [4.69, 9.17) is 11.6 Å². The van der Waals surface area contributed by atoms with Gasteiger partial charge in [0, 0.05) is 0 Å². The van der Waals surface area contributed by atoms with Crippen molar-refractivity contribution >= 4 is 11.6 Å². The Morgan fingerprint density at radius 1 is 1.06 bits per heavy atom. The summed E-state index contributed by atoms with van der Waals surface area (Å²) >= 11 is 6.62. The predicted octanol–water partition coefficient (Wildman–Crippen LogP) is 6.01. The van der Waals surface area contributed by atoms with E-state index in [1.807, 2.05) is 0 Å². The molecule has 1 heteroatoms. The van der Waals surface area contributed by atoms with Gasteiger partial charge in [0.05, 0.1) is 5.38 Å². The summed E-state index contributed by atoms with van der Waals surface area (Å²) in [6.45, 7) is 9.04. The van der Waals surface area contributed by atoms with E-state index in [1.54, 1.807) is 0 Å². The summed E-state index contributed by atoms with van der Waals surface area (Å²) in [4.78, 5) is 0. The van der Waals surface area contributed by atoms with E-state index in [0.717, 1.165) is 12.3 Å². The highest BCUT2D eigenvalue weighted by Gasteiger charge is 2.26. The highest BCUT2D eigenvalue weighted by Crippen LogP contribution is 2.42. The van der Waals surface area contributed by atoms with Crippen molar-refractivity contribution in [2.24, 2.45) is 5.92 Å². The molecular formula is C17H25Cl. The zero-order valence-corrected chi connectivity index (χ0v) is 12.8. The monoisotopic (exact) mass is 264 g/mol. The number of hydrogen-bond donors (Lipinski definition) is 0. The molecule has 0 nitrogen and oxygen atoms in total. The second kappa shape index (κ2) is 5.65. The molecule has 2 rings (SSSR count). The van der Waals surface area contributed by atoms with Crippen molar-refractivity contribution in [1.29, 1.82) is 0 Å². The maximum Gasteiger partial charge on any atom is 0.0590 e. The summed E-state index contributed by atoms with van der Waals surface area (Å²) in [5, 5.41) is 0.205. The number of alkyl halides is 1. The molecule has 1 unspecified atom stereocenters. The van der Waals surface area contributed by atoms with Crippen LogP contribution in [0, 0.1) is 5.92 Å². The number of rotatable bonds is 5. The quantitative estimate of drug-likeness (QED) is 0.571. The third kappa shape index (κ3) is 3.29. The second-order valence-electron chi connectivity index (χ2n) is 6.34. The van der Waals surface area contributed by atoms with Gasteiger partial charge in [-0.05, 0) is 40.9 Å². The smallest absolute Gasteiger partial charge is 0.0590 e. The fourth-order valence-electron chi connectivity index (χ4n) is 2.51. The van der Waals surface area contributed by atoms with Crippen LogP contribution >= 0.6 is 11.6 Å². The first-order valence-electron chi connectivity index (χ1n) is 7.26. The molecule has 1 atom stereocenters. The van der Waals surface area contributed by atoms with E-state index in [9.17, 15) is 0 Å². The van der Waals surface area contributed by atoms with Gasteiger partial charge in [-0.15, -0.1) is 11.6 Å². The van der Waals surface area contributed by atoms with Gasteiger partial charge in [0.15, 0.2) is 0 Å². The average Bonchev–Trinajstić information content (AvgIpc) is 3.11. The van der Waals surface area contributed by atoms with Crippen LogP contribution < -0.4 is 0 Å². The van der Waals surface area contributed by atoms with Crippen molar-refractivity contribution in [2.45, 2.75) is 64.2 Å². The normalized spacial score (nSPS) is 17.5. The summed E-state index contributed by atoms with van der Waals surface area (Å²) in [5.41, 5.74) is 4.24. The van der Waals surface area contributed by atoms with Crippen LogP contribution in [0.1, 0.15) is 80.9 Å². The molecule has 0 heterocycles. The summed E-state index contributed by atoms with van der Waals surface area (Å²) in [6.07, 6.45) is 3.91. The van der Waals surface area contributed by atoms with Crippen LogP contribution in [0.15, 0.2) is 18.2 Å². The largest absolute Gasteiger partial charge is 0.118 e. The molecule has 18 heavy (non-hydrogen) atoms. The van der Waals surface area contributed by atoms with E-state index in [0.29, 0.717) is 11.8 Å². The second-order valence-corrected chi connectivity index (χ2v) is 6.87. The molecule has 0 saturated heterocycles. The summed E-state index contributed by atoms with van der Waals surface area (Å²) in [5.74, 6) is 2.03. The van der Waals surface area contributed by atoms with Crippen LogP contribution in [-0.4, -0.2) is 0 Å². The first-order valence-corrected chi connectivity index (χ1v) is 7.70. The number of halogens is 1. The fraction of sp³-hybridized carbons (Fsp3) is 0.647. The molecule has 0 amide bonds. The van der Waals surface area contributed by atoms with Crippen molar-refractivity contribution in [3.05, 3.63) is 34.9 Å². The van der Waals surface area contributed by atoms with E-state index in [-0.39, 0.29) is 5.38 Å². The molecule has 1 aliphatic rings. The lowest BCUT2D eigenvalue weighted by Crippen LogP contribution is -2.02. The molecule has 0 spiro atoms. The topological polar surface area (TPSA) is 0 Å². The Hall–Kier alpha value is -0.490. The average molecular weight is 265 g/mol. The summed E-state index contributed by atoms with van der Waals surface area (Å²) < 4.78 is 0. The van der Waals surface area contributed by atoms with Crippen LogP contribution in [0.25, 0.3) is 0 Å². The molecule has 1 fully saturated rings. The van der Waals surface area contributed by atoms with Crippen molar-refractivity contribution < 1.29 is 0 Å². The van der Waals surface area contributed by atoms with Gasteiger partial charge in [0.2, 0.25) is 0 Å². The minimum atomic E-state index is 0.205. The maximum absolute atomic E-state index is 6.62. The lowest BCUT2D eigenvalue weighted by atomic mass is 9.89. The van der Waals surface area contributed by atoms with Crippen LogP contribution in [0.5, 0.6) is 0 Å². The van der Waals surface area contributed by atoms with Crippen molar-refractivity contribution in [2.75, 3.05) is 0 Å². The Morgan fingerprint density at radius 3 is 2.22 bits per heavy atom. The standard InChI is InChI=1S/C17H25Cl/c1-11(2)14-7-8-15(16(10-14)12(3)4)17(18)9-13-5-6-13/h7-8,10-13,17H,5-6,9H2,1-4H3. The fourth-order valence-corrected chi connectivity index (χ4v) is 2.96. The summed E-state index contributed by atoms with van der Waals surface area (Å²) in [6, 6.07) is 6.89. The van der Waals surface area contributed by atoms with Gasteiger partial charge in [0.1, 0.15) is 0 Å². The van der Waals surface area contributed by atoms with Gasteiger partial charge in [0.25, 0.3) is 0 Å². The third-order valence-corrected chi connectivity index (χ3v) is 4.39. The highest BCUT2D eigenvalue weighted by molar-refractivity contribution is 6.20. The predicted molar refractivity (Wildman–Crippen MR) is 80.6 cm³/mol. The first kappa shape index (κ1) is 13.9. The van der Waals surface area contributed by atoms with E-state index >= 15 is 0 Å². The molecule has 0 radical (unpaired) electrons. The summed E-state index contributed by atoms with van der Waals surface area (Å²) in [7, 11) is 0.